The van der Waals surface area contributed by atoms with Gasteiger partial charge < -0.3 is 28.8 Å². The Morgan fingerprint density at radius 3 is 1.79 bits per heavy atom. The van der Waals surface area contributed by atoms with Crippen LogP contribution >= 0.6 is 0 Å². The van der Waals surface area contributed by atoms with E-state index in [1.165, 1.54) is 13.8 Å². The number of carbonyl (C=O) groups excluding carboxylic acids is 5. The molecule has 0 radical (unpaired) electrons. The van der Waals surface area contributed by atoms with E-state index >= 15 is 0 Å². The van der Waals surface area contributed by atoms with Crippen LogP contribution in [0.2, 0.25) is 0 Å². The van der Waals surface area contributed by atoms with Crippen molar-refractivity contribution in [3.05, 3.63) is 11.6 Å². The molecular weight excluding hydrogens is 608 g/mol. The number of allylic oxidation sites excluding steroid dienone is 1. The molecule has 3 rings (SSSR count). The summed E-state index contributed by atoms with van der Waals surface area (Å²) in [4.78, 5) is 64.8. The van der Waals surface area contributed by atoms with Crippen LogP contribution < -0.4 is 0 Å². The van der Waals surface area contributed by atoms with Crippen molar-refractivity contribution in [3.8, 4) is 0 Å². The van der Waals surface area contributed by atoms with Crippen LogP contribution in [0.15, 0.2) is 11.6 Å². The number of carbonyl (C=O) groups is 5. The predicted octanol–water partition coefficient (Wildman–Crippen LogP) is 5.24. The molecule has 0 saturated heterocycles. The Hall–Kier alpha value is -2.95. The lowest BCUT2D eigenvalue weighted by atomic mass is 9.49. The van der Waals surface area contributed by atoms with Crippen molar-refractivity contribution in [2.24, 2.45) is 34.5 Å². The molecule has 47 heavy (non-hydrogen) atoms. The van der Waals surface area contributed by atoms with E-state index in [4.69, 9.17) is 23.7 Å². The van der Waals surface area contributed by atoms with Crippen LogP contribution in [0.4, 0.5) is 0 Å². The lowest BCUT2D eigenvalue weighted by Crippen LogP contribution is -2.63. The molecule has 11 heteroatoms. The maximum absolute atomic E-state index is 13.3. The fraction of sp³-hybridized carbons (Fsp3) is 0.806. The van der Waals surface area contributed by atoms with Crippen molar-refractivity contribution in [1.29, 1.82) is 0 Å². The number of aliphatic hydroxyl groups excluding tert-OH is 1. The molecule has 11 atom stereocenters. The molecule has 3 aliphatic carbocycles. The minimum atomic E-state index is -1.30. The lowest BCUT2D eigenvalue weighted by Gasteiger charge is -2.58. The smallest absolute Gasteiger partial charge is 0.306 e. The van der Waals surface area contributed by atoms with Gasteiger partial charge in [-0.2, -0.15) is 0 Å². The molecule has 0 heterocycles. The van der Waals surface area contributed by atoms with E-state index in [1.807, 2.05) is 54.5 Å². The zero-order valence-corrected chi connectivity index (χ0v) is 29.8. The number of ether oxygens (including phenoxy) is 5. The summed E-state index contributed by atoms with van der Waals surface area (Å²) in [5.41, 5.74) is -1.60. The molecule has 0 spiro atoms. The van der Waals surface area contributed by atoms with Gasteiger partial charge in [0.25, 0.3) is 0 Å². The standard InChI is InChI=1S/C36H56O11/c1-11-14-25(39)45-24-18-35(9)23(17-20(6)30(42)32(43-21(7)37)33(35)47-27(41)16-13-3)29-28(19(4)5)31(46-26(40)15-12-2)34(36(24,29)10)44-22(8)38/h17,19,23-24,28-34,42H,11-16,18H2,1-10H3/t23-,24+,28-,29+,30+,31-,32+,33-,34+,35-,36+/m1/s1. The maximum atomic E-state index is 13.3. The quantitative estimate of drug-likeness (QED) is 0.166. The summed E-state index contributed by atoms with van der Waals surface area (Å²) in [5.74, 6) is -4.04. The highest BCUT2D eigenvalue weighted by atomic mass is 16.6. The summed E-state index contributed by atoms with van der Waals surface area (Å²) in [7, 11) is 0. The molecule has 0 unspecified atom stereocenters. The highest BCUT2D eigenvalue weighted by Gasteiger charge is 2.74. The van der Waals surface area contributed by atoms with Crippen LogP contribution in [0.5, 0.6) is 0 Å². The van der Waals surface area contributed by atoms with Crippen LogP contribution in [0, 0.1) is 34.5 Å². The normalized spacial score (nSPS) is 36.3. The zero-order chi connectivity index (χ0) is 35.4. The predicted molar refractivity (Wildman–Crippen MR) is 171 cm³/mol. The van der Waals surface area contributed by atoms with Gasteiger partial charge in [-0.05, 0) is 55.9 Å². The SMILES string of the molecule is CCCC(=O)O[C@@H]1[C@H](C(C)C)[C@@H]2[C@H]3C=C(C)[C@H](O)[C@H](OC(C)=O)[C@@H](OC(=O)CCC)[C@]3(C)C[C@H](OC(=O)CCC)[C@]2(C)[C@H]1OC(C)=O. The minimum absolute atomic E-state index is 0.110. The zero-order valence-electron chi connectivity index (χ0n) is 29.8. The molecule has 0 aromatic rings. The van der Waals surface area contributed by atoms with Crippen molar-refractivity contribution in [3.63, 3.8) is 0 Å². The second kappa shape index (κ2) is 15.5. The van der Waals surface area contributed by atoms with Crippen molar-refractivity contribution < 1.29 is 52.8 Å². The first-order chi connectivity index (χ1) is 22.0. The van der Waals surface area contributed by atoms with E-state index in [0.29, 0.717) is 24.8 Å². The maximum Gasteiger partial charge on any atom is 0.306 e. The van der Waals surface area contributed by atoms with Crippen LogP contribution in [0.25, 0.3) is 0 Å². The van der Waals surface area contributed by atoms with Crippen molar-refractivity contribution >= 4 is 29.8 Å². The summed E-state index contributed by atoms with van der Waals surface area (Å²) in [6, 6.07) is 0. The summed E-state index contributed by atoms with van der Waals surface area (Å²) in [6.07, 6.45) is -2.24. The van der Waals surface area contributed by atoms with Gasteiger partial charge in [-0.25, -0.2) is 0 Å². The van der Waals surface area contributed by atoms with Gasteiger partial charge in [0.05, 0.1) is 0 Å². The summed E-state index contributed by atoms with van der Waals surface area (Å²) < 4.78 is 30.5. The van der Waals surface area contributed by atoms with Gasteiger partial charge in [-0.1, -0.05) is 54.5 Å². The summed E-state index contributed by atoms with van der Waals surface area (Å²) >= 11 is 0. The third-order valence-electron chi connectivity index (χ3n) is 10.6. The van der Waals surface area contributed by atoms with Crippen molar-refractivity contribution in [2.45, 2.75) is 151 Å². The van der Waals surface area contributed by atoms with E-state index in [2.05, 4.69) is 0 Å². The van der Waals surface area contributed by atoms with E-state index in [0.717, 1.165) is 0 Å². The van der Waals surface area contributed by atoms with E-state index in [-0.39, 0.29) is 31.6 Å². The molecule has 1 N–H and O–H groups in total. The van der Waals surface area contributed by atoms with E-state index < -0.39 is 95.1 Å². The number of fused-ring (bicyclic) bond motifs is 3. The number of hydrogen-bond donors (Lipinski definition) is 1. The van der Waals surface area contributed by atoms with Gasteiger partial charge in [-0.15, -0.1) is 0 Å². The molecule has 266 valence electrons. The number of aliphatic hydroxyl groups is 1. The Kier molecular flexibility index (Phi) is 12.7. The third kappa shape index (κ3) is 7.70. The average Bonchev–Trinajstić information content (AvgIpc) is 3.16. The number of hydrogen-bond acceptors (Lipinski definition) is 11. The molecular formula is C36H56O11. The van der Waals surface area contributed by atoms with Crippen LogP contribution in [-0.4, -0.2) is 71.6 Å². The van der Waals surface area contributed by atoms with Gasteiger partial charge in [0.1, 0.15) is 30.5 Å². The average molecular weight is 665 g/mol. The van der Waals surface area contributed by atoms with Crippen LogP contribution in [-0.2, 0) is 47.7 Å². The van der Waals surface area contributed by atoms with Crippen LogP contribution in [0.1, 0.15) is 114 Å². The van der Waals surface area contributed by atoms with E-state index in [9.17, 15) is 29.1 Å². The van der Waals surface area contributed by atoms with Crippen molar-refractivity contribution in [1.82, 2.24) is 0 Å². The third-order valence-corrected chi connectivity index (χ3v) is 10.6. The first kappa shape index (κ1) is 38.5. The van der Waals surface area contributed by atoms with Gasteiger partial charge in [-0.3, -0.25) is 24.0 Å². The Labute approximate surface area is 279 Å². The molecule has 0 aromatic carbocycles. The molecule has 0 aliphatic heterocycles. The molecule has 11 nitrogen and oxygen atoms in total. The Morgan fingerprint density at radius 1 is 0.787 bits per heavy atom. The minimum Gasteiger partial charge on any atom is -0.462 e. The number of rotatable bonds is 12. The Bertz CT molecular complexity index is 1210. The number of esters is 5. The lowest BCUT2D eigenvalue weighted by molar-refractivity contribution is -0.226. The van der Waals surface area contributed by atoms with Crippen molar-refractivity contribution in [2.75, 3.05) is 0 Å². The second-order valence-corrected chi connectivity index (χ2v) is 14.5. The monoisotopic (exact) mass is 664 g/mol. The first-order valence-corrected chi connectivity index (χ1v) is 17.3. The second-order valence-electron chi connectivity index (χ2n) is 14.5. The highest BCUT2D eigenvalue weighted by Crippen LogP contribution is 2.67. The summed E-state index contributed by atoms with van der Waals surface area (Å²) in [5, 5.41) is 11.6. The topological polar surface area (TPSA) is 152 Å². The molecule has 0 bridgehead atoms. The molecule has 2 saturated carbocycles. The first-order valence-electron chi connectivity index (χ1n) is 17.3. The molecule has 0 amide bonds. The fourth-order valence-electron chi connectivity index (χ4n) is 8.57. The van der Waals surface area contributed by atoms with E-state index in [1.54, 1.807) is 6.92 Å². The van der Waals surface area contributed by atoms with Gasteiger partial charge in [0, 0.05) is 49.9 Å². The Balaban J connectivity index is 2.40. The molecule has 2 fully saturated rings. The molecule has 3 aliphatic rings. The highest BCUT2D eigenvalue weighted by molar-refractivity contribution is 5.71. The largest absolute Gasteiger partial charge is 0.462 e. The van der Waals surface area contributed by atoms with Gasteiger partial charge >= 0.3 is 29.8 Å². The Morgan fingerprint density at radius 2 is 1.30 bits per heavy atom. The summed E-state index contributed by atoms with van der Waals surface area (Å²) in [6.45, 7) is 17.7. The van der Waals surface area contributed by atoms with Gasteiger partial charge in [0.2, 0.25) is 0 Å². The molecule has 0 aromatic heterocycles. The van der Waals surface area contributed by atoms with Crippen LogP contribution in [0.3, 0.4) is 0 Å². The fourth-order valence-corrected chi connectivity index (χ4v) is 8.57. The van der Waals surface area contributed by atoms with Gasteiger partial charge in [0.15, 0.2) is 6.10 Å².